The fourth-order valence-electron chi connectivity index (χ4n) is 4.42. The van der Waals surface area contributed by atoms with Gasteiger partial charge in [0.2, 0.25) is 0 Å². The third-order valence-electron chi connectivity index (χ3n) is 6.33. The van der Waals surface area contributed by atoms with Crippen LogP contribution in [0.5, 0.6) is 0 Å². The van der Waals surface area contributed by atoms with Crippen LogP contribution in [0.25, 0.3) is 6.08 Å². The minimum absolute atomic E-state index is 0.113. The normalized spacial score (nSPS) is 19.3. The highest BCUT2D eigenvalue weighted by atomic mass is 19.4. The molecule has 1 aromatic heterocycles. The molecule has 0 bridgehead atoms. The van der Waals surface area contributed by atoms with Gasteiger partial charge in [0, 0.05) is 12.6 Å². The van der Waals surface area contributed by atoms with Gasteiger partial charge in [-0.25, -0.2) is 0 Å². The van der Waals surface area contributed by atoms with Gasteiger partial charge in [0.15, 0.2) is 5.78 Å². The zero-order chi connectivity index (χ0) is 22.1. The minimum Gasteiger partial charge on any atom is -0.292 e. The summed E-state index contributed by atoms with van der Waals surface area (Å²) in [6.45, 7) is 9.86. The van der Waals surface area contributed by atoms with Crippen molar-refractivity contribution in [2.24, 2.45) is 17.3 Å². The monoisotopic (exact) mass is 415 g/mol. The Hall–Kier alpha value is -2.43. The molecule has 0 amide bonds. The average molecular weight is 415 g/mol. The van der Waals surface area contributed by atoms with Crippen molar-refractivity contribution in [2.75, 3.05) is 0 Å². The predicted molar refractivity (Wildman–Crippen MR) is 113 cm³/mol. The first-order chi connectivity index (χ1) is 14.0. The first-order valence-electron chi connectivity index (χ1n) is 10.3. The number of aryl methyl sites for hydroxylation is 1. The van der Waals surface area contributed by atoms with Crippen molar-refractivity contribution in [1.29, 1.82) is 0 Å². The number of carbonyl (C=O) groups is 1. The van der Waals surface area contributed by atoms with Gasteiger partial charge >= 0.3 is 6.18 Å². The number of alkyl halides is 3. The molecule has 1 aliphatic rings. The summed E-state index contributed by atoms with van der Waals surface area (Å²) in [7, 11) is 0. The SMILES string of the molecule is C=Cc1cccc(CC(C)(C)C2CC(CC(=O)c3ncc(C(F)(F)F)cc3C)C2)c1. The molecule has 3 rings (SSSR count). The third kappa shape index (κ3) is 5.00. The molecule has 1 aliphatic carbocycles. The smallest absolute Gasteiger partial charge is 0.292 e. The van der Waals surface area contributed by atoms with Crippen LogP contribution in [0.15, 0.2) is 43.1 Å². The van der Waals surface area contributed by atoms with Crippen LogP contribution < -0.4 is 0 Å². The summed E-state index contributed by atoms with van der Waals surface area (Å²) in [5.41, 5.74) is 2.13. The fourth-order valence-corrected chi connectivity index (χ4v) is 4.42. The lowest BCUT2D eigenvalue weighted by Gasteiger charge is -2.45. The molecule has 1 heterocycles. The van der Waals surface area contributed by atoms with E-state index in [0.29, 0.717) is 12.3 Å². The molecule has 30 heavy (non-hydrogen) atoms. The maximum absolute atomic E-state index is 12.8. The molecule has 0 unspecified atom stereocenters. The second-order valence-electron chi connectivity index (χ2n) is 9.16. The zero-order valence-electron chi connectivity index (χ0n) is 17.7. The highest BCUT2D eigenvalue weighted by Crippen LogP contribution is 2.48. The largest absolute Gasteiger partial charge is 0.417 e. The first kappa shape index (κ1) is 22.3. The maximum Gasteiger partial charge on any atom is 0.417 e. The molecule has 2 aromatic rings. The van der Waals surface area contributed by atoms with E-state index in [4.69, 9.17) is 0 Å². The van der Waals surface area contributed by atoms with Gasteiger partial charge in [0.25, 0.3) is 0 Å². The van der Waals surface area contributed by atoms with E-state index in [1.165, 1.54) is 12.5 Å². The topological polar surface area (TPSA) is 30.0 Å². The number of nitrogens with zero attached hydrogens (tertiary/aromatic N) is 1. The van der Waals surface area contributed by atoms with Crippen molar-refractivity contribution in [3.05, 3.63) is 71.1 Å². The molecule has 0 N–H and O–H groups in total. The molecular formula is C25H28F3NO. The van der Waals surface area contributed by atoms with E-state index in [1.54, 1.807) is 0 Å². The van der Waals surface area contributed by atoms with Gasteiger partial charge in [-0.05, 0) is 66.2 Å². The average Bonchev–Trinajstić information content (AvgIpc) is 2.62. The summed E-state index contributed by atoms with van der Waals surface area (Å²) in [5, 5.41) is 0. The Morgan fingerprint density at radius 2 is 1.93 bits per heavy atom. The molecule has 0 radical (unpaired) electrons. The number of halogens is 3. The number of benzene rings is 1. The summed E-state index contributed by atoms with van der Waals surface area (Å²) < 4.78 is 38.4. The summed E-state index contributed by atoms with van der Waals surface area (Å²) in [6.07, 6.45) is 1.37. The summed E-state index contributed by atoms with van der Waals surface area (Å²) in [5.74, 6) is 0.621. The molecule has 2 nitrogen and oxygen atoms in total. The van der Waals surface area contributed by atoms with Gasteiger partial charge in [0.05, 0.1) is 5.56 Å². The Morgan fingerprint density at radius 1 is 1.23 bits per heavy atom. The standard InChI is InChI=1S/C25H28F3NO/c1-5-17-7-6-8-18(10-17)14-24(3,4)20-11-19(12-20)13-22(30)23-16(2)9-21(15-29-23)25(26,27)28/h5-10,15,19-20H,1,11-14H2,2-4H3. The van der Waals surface area contributed by atoms with Crippen molar-refractivity contribution in [3.63, 3.8) is 0 Å². The summed E-state index contributed by atoms with van der Waals surface area (Å²) in [4.78, 5) is 16.4. The lowest BCUT2D eigenvalue weighted by atomic mass is 9.59. The molecule has 160 valence electrons. The molecule has 1 aromatic carbocycles. The van der Waals surface area contributed by atoms with Gasteiger partial charge in [-0.1, -0.05) is 50.8 Å². The fraction of sp³-hybridized carbons (Fsp3) is 0.440. The number of carbonyl (C=O) groups excluding carboxylic acids is 1. The van der Waals surface area contributed by atoms with Gasteiger partial charge in [-0.15, -0.1) is 0 Å². The van der Waals surface area contributed by atoms with Crippen molar-refractivity contribution in [2.45, 2.75) is 52.6 Å². The Bertz CT molecular complexity index is 940. The van der Waals surface area contributed by atoms with E-state index >= 15 is 0 Å². The number of ketones is 1. The number of hydrogen-bond donors (Lipinski definition) is 0. The van der Waals surface area contributed by atoms with E-state index in [0.717, 1.165) is 37.1 Å². The number of aromatic nitrogens is 1. The Morgan fingerprint density at radius 3 is 2.53 bits per heavy atom. The number of hydrogen-bond acceptors (Lipinski definition) is 2. The molecule has 0 saturated heterocycles. The second-order valence-corrected chi connectivity index (χ2v) is 9.16. The Kier molecular flexibility index (Phi) is 6.21. The van der Waals surface area contributed by atoms with E-state index in [1.807, 2.05) is 18.2 Å². The van der Waals surface area contributed by atoms with Crippen LogP contribution in [0.4, 0.5) is 13.2 Å². The lowest BCUT2D eigenvalue weighted by molar-refractivity contribution is -0.137. The van der Waals surface area contributed by atoms with Crippen LogP contribution in [0.1, 0.15) is 65.9 Å². The van der Waals surface area contributed by atoms with E-state index in [-0.39, 0.29) is 28.4 Å². The Labute approximate surface area is 176 Å². The predicted octanol–water partition coefficient (Wildman–Crippen LogP) is 6.92. The van der Waals surface area contributed by atoms with Crippen LogP contribution in [0.2, 0.25) is 0 Å². The number of pyridine rings is 1. The van der Waals surface area contributed by atoms with Crippen LogP contribution >= 0.6 is 0 Å². The molecule has 0 spiro atoms. The number of rotatable bonds is 7. The molecule has 0 atom stereocenters. The van der Waals surface area contributed by atoms with E-state index in [9.17, 15) is 18.0 Å². The molecule has 1 fully saturated rings. The van der Waals surface area contributed by atoms with Crippen molar-refractivity contribution in [1.82, 2.24) is 4.98 Å². The molecular weight excluding hydrogens is 387 g/mol. The molecule has 5 heteroatoms. The van der Waals surface area contributed by atoms with Crippen molar-refractivity contribution in [3.8, 4) is 0 Å². The molecule has 1 saturated carbocycles. The van der Waals surface area contributed by atoms with Crippen molar-refractivity contribution < 1.29 is 18.0 Å². The van der Waals surface area contributed by atoms with Gasteiger partial charge in [-0.2, -0.15) is 13.2 Å². The van der Waals surface area contributed by atoms with E-state index < -0.39 is 11.7 Å². The highest BCUT2D eigenvalue weighted by molar-refractivity contribution is 5.95. The van der Waals surface area contributed by atoms with Crippen LogP contribution in [0.3, 0.4) is 0 Å². The van der Waals surface area contributed by atoms with Crippen LogP contribution in [0, 0.1) is 24.2 Å². The van der Waals surface area contributed by atoms with Gasteiger partial charge in [-0.3, -0.25) is 9.78 Å². The zero-order valence-corrected chi connectivity index (χ0v) is 17.7. The third-order valence-corrected chi connectivity index (χ3v) is 6.33. The number of Topliss-reactive ketones (excluding diaryl/α,β-unsaturated/α-hetero) is 1. The van der Waals surface area contributed by atoms with Crippen LogP contribution in [-0.2, 0) is 12.6 Å². The van der Waals surface area contributed by atoms with Crippen LogP contribution in [-0.4, -0.2) is 10.8 Å². The van der Waals surface area contributed by atoms with Crippen molar-refractivity contribution >= 4 is 11.9 Å². The summed E-state index contributed by atoms with van der Waals surface area (Å²) in [6, 6.07) is 9.38. The quantitative estimate of drug-likeness (QED) is 0.460. The van der Waals surface area contributed by atoms with Gasteiger partial charge < -0.3 is 0 Å². The van der Waals surface area contributed by atoms with E-state index in [2.05, 4.69) is 37.5 Å². The Balaban J connectivity index is 1.57. The first-order valence-corrected chi connectivity index (χ1v) is 10.3. The molecule has 0 aliphatic heterocycles. The maximum atomic E-state index is 12.8. The lowest BCUT2D eigenvalue weighted by Crippen LogP contribution is -2.38. The second kappa shape index (κ2) is 8.37. The van der Waals surface area contributed by atoms with Gasteiger partial charge in [0.1, 0.15) is 5.69 Å². The summed E-state index contributed by atoms with van der Waals surface area (Å²) >= 11 is 0. The minimum atomic E-state index is -4.45. The highest BCUT2D eigenvalue weighted by Gasteiger charge is 2.41.